The molecule has 0 atom stereocenters. The van der Waals surface area contributed by atoms with Gasteiger partial charge in [-0.05, 0) is 43.7 Å². The molecule has 0 fully saturated rings. The highest BCUT2D eigenvalue weighted by atomic mass is 32.2. The Morgan fingerprint density at radius 3 is 2.69 bits per heavy atom. The number of pyridine rings is 1. The van der Waals surface area contributed by atoms with Gasteiger partial charge in [0.2, 0.25) is 5.78 Å². The summed E-state index contributed by atoms with van der Waals surface area (Å²) in [6, 6.07) is 16.2. The fourth-order valence-electron chi connectivity index (χ4n) is 3.68. The first-order valence-electron chi connectivity index (χ1n) is 9.35. The van der Waals surface area contributed by atoms with E-state index in [1.807, 2.05) is 47.7 Å². The Labute approximate surface area is 171 Å². The van der Waals surface area contributed by atoms with Gasteiger partial charge in [0.05, 0.1) is 27.2 Å². The van der Waals surface area contributed by atoms with Crippen LogP contribution >= 0.6 is 11.8 Å². The third kappa shape index (κ3) is 2.89. The van der Waals surface area contributed by atoms with Gasteiger partial charge in [0.15, 0.2) is 0 Å². The molecule has 0 aliphatic heterocycles. The van der Waals surface area contributed by atoms with Crippen LogP contribution in [0.5, 0.6) is 0 Å². The van der Waals surface area contributed by atoms with Gasteiger partial charge in [0.1, 0.15) is 5.82 Å². The van der Waals surface area contributed by atoms with Crippen molar-refractivity contribution in [3.8, 4) is 0 Å². The molecule has 0 aliphatic rings. The number of hydrogen-bond donors (Lipinski definition) is 0. The predicted octanol–water partition coefficient (Wildman–Crippen LogP) is 4.04. The summed E-state index contributed by atoms with van der Waals surface area (Å²) in [6.07, 6.45) is 0. The van der Waals surface area contributed by atoms with Crippen LogP contribution in [0.3, 0.4) is 0 Å². The molecule has 0 amide bonds. The largest absolute Gasteiger partial charge is 0.279 e. The molecule has 3 aromatic heterocycles. The third-order valence-corrected chi connectivity index (χ3v) is 6.10. The summed E-state index contributed by atoms with van der Waals surface area (Å²) in [7, 11) is 1.74. The lowest BCUT2D eigenvalue weighted by molar-refractivity contribution is 0.857. The molecule has 0 saturated heterocycles. The Hall–Kier alpha value is -3.19. The highest BCUT2D eigenvalue weighted by Crippen LogP contribution is 2.26. The maximum Gasteiger partial charge on any atom is 0.262 e. The van der Waals surface area contributed by atoms with Crippen LogP contribution in [-0.4, -0.2) is 24.1 Å². The summed E-state index contributed by atoms with van der Waals surface area (Å²) in [5.41, 5.74) is 4.01. The molecule has 7 heteroatoms. The van der Waals surface area contributed by atoms with E-state index in [2.05, 4.69) is 29.3 Å². The zero-order chi connectivity index (χ0) is 20.1. The van der Waals surface area contributed by atoms with E-state index in [0.29, 0.717) is 16.9 Å². The number of aryl methyl sites for hydroxylation is 3. The molecule has 0 N–H and O–H groups in total. The van der Waals surface area contributed by atoms with Crippen LogP contribution in [0.25, 0.3) is 27.6 Å². The first-order chi connectivity index (χ1) is 14.0. The summed E-state index contributed by atoms with van der Waals surface area (Å²) in [5.74, 6) is 1.94. The fourth-order valence-corrected chi connectivity index (χ4v) is 4.57. The third-order valence-electron chi connectivity index (χ3n) is 5.19. The quantitative estimate of drug-likeness (QED) is 0.427. The monoisotopic (exact) mass is 401 g/mol. The average molecular weight is 401 g/mol. The Morgan fingerprint density at radius 2 is 1.83 bits per heavy atom. The van der Waals surface area contributed by atoms with Crippen LogP contribution in [0, 0.1) is 13.8 Å². The van der Waals surface area contributed by atoms with Crippen LogP contribution in [0.1, 0.15) is 17.0 Å². The van der Waals surface area contributed by atoms with Gasteiger partial charge in [-0.25, -0.2) is 4.98 Å². The standard InChI is InChI=1S/C22H19N5OS/c1-13-8-9-18-16(10-13)21(28)26(3)22-25-24-19(27(18)22)12-29-20-11-14(2)15-6-4-5-7-17(15)23-20/h4-11H,12H2,1-3H3. The lowest BCUT2D eigenvalue weighted by Crippen LogP contribution is -2.20. The second-order valence-corrected chi connectivity index (χ2v) is 8.22. The molecule has 5 rings (SSSR count). The van der Waals surface area contributed by atoms with Gasteiger partial charge < -0.3 is 0 Å². The molecule has 5 aromatic rings. The zero-order valence-corrected chi connectivity index (χ0v) is 17.2. The lowest BCUT2D eigenvalue weighted by Gasteiger charge is -2.09. The molecule has 0 unspecified atom stereocenters. The van der Waals surface area contributed by atoms with Crippen LogP contribution < -0.4 is 5.56 Å². The van der Waals surface area contributed by atoms with Crippen molar-refractivity contribution in [3.63, 3.8) is 0 Å². The Balaban J connectivity index is 1.60. The number of nitrogens with zero attached hydrogens (tertiary/aromatic N) is 5. The topological polar surface area (TPSA) is 65.1 Å². The van der Waals surface area contributed by atoms with E-state index in [9.17, 15) is 4.79 Å². The molecule has 0 aliphatic carbocycles. The number of thioether (sulfide) groups is 1. The van der Waals surface area contributed by atoms with Gasteiger partial charge >= 0.3 is 0 Å². The summed E-state index contributed by atoms with van der Waals surface area (Å²) < 4.78 is 3.53. The normalized spacial score (nSPS) is 11.7. The maximum absolute atomic E-state index is 12.7. The molecule has 29 heavy (non-hydrogen) atoms. The number of hydrogen-bond acceptors (Lipinski definition) is 5. The average Bonchev–Trinajstić information content (AvgIpc) is 3.15. The Bertz CT molecular complexity index is 1470. The van der Waals surface area contributed by atoms with Gasteiger partial charge in [-0.2, -0.15) is 0 Å². The van der Waals surface area contributed by atoms with E-state index >= 15 is 0 Å². The minimum absolute atomic E-state index is 0.0605. The smallest absolute Gasteiger partial charge is 0.262 e. The Kier molecular flexibility index (Phi) is 4.13. The van der Waals surface area contributed by atoms with Crippen molar-refractivity contribution in [1.29, 1.82) is 0 Å². The maximum atomic E-state index is 12.7. The van der Waals surface area contributed by atoms with E-state index < -0.39 is 0 Å². The minimum Gasteiger partial charge on any atom is -0.279 e. The molecule has 2 aromatic carbocycles. The summed E-state index contributed by atoms with van der Waals surface area (Å²) in [4.78, 5) is 17.5. The van der Waals surface area contributed by atoms with Gasteiger partial charge in [-0.1, -0.05) is 41.6 Å². The molecule has 0 spiro atoms. The highest BCUT2D eigenvalue weighted by molar-refractivity contribution is 7.98. The second-order valence-electron chi connectivity index (χ2n) is 7.22. The van der Waals surface area contributed by atoms with E-state index in [-0.39, 0.29) is 5.56 Å². The number of rotatable bonds is 3. The summed E-state index contributed by atoms with van der Waals surface area (Å²) >= 11 is 1.62. The van der Waals surface area contributed by atoms with Crippen LogP contribution in [0.2, 0.25) is 0 Å². The zero-order valence-electron chi connectivity index (χ0n) is 16.4. The number of para-hydroxylation sites is 1. The van der Waals surface area contributed by atoms with Crippen molar-refractivity contribution >= 4 is 39.3 Å². The SMILES string of the molecule is Cc1ccc2c(c1)c(=O)n(C)c1nnc(CSc3cc(C)c4ccccc4n3)n21. The summed E-state index contributed by atoms with van der Waals surface area (Å²) in [5, 5.41) is 11.4. The van der Waals surface area contributed by atoms with Gasteiger partial charge in [-0.15, -0.1) is 10.2 Å². The molecule has 3 heterocycles. The van der Waals surface area contributed by atoms with Gasteiger partial charge in [-0.3, -0.25) is 13.8 Å². The number of benzene rings is 2. The van der Waals surface area contributed by atoms with Crippen LogP contribution in [0.15, 0.2) is 58.4 Å². The number of fused-ring (bicyclic) bond motifs is 4. The van der Waals surface area contributed by atoms with Gasteiger partial charge in [0, 0.05) is 12.4 Å². The summed E-state index contributed by atoms with van der Waals surface area (Å²) in [6.45, 7) is 4.09. The van der Waals surface area contributed by atoms with Gasteiger partial charge in [0.25, 0.3) is 5.56 Å². The number of aromatic nitrogens is 5. The fraction of sp³-hybridized carbons (Fsp3) is 0.182. The molecular formula is C22H19N5OS. The van der Waals surface area contributed by atoms with Crippen molar-refractivity contribution in [2.24, 2.45) is 7.05 Å². The highest BCUT2D eigenvalue weighted by Gasteiger charge is 2.15. The van der Waals surface area contributed by atoms with E-state index in [1.165, 1.54) is 10.9 Å². The first kappa shape index (κ1) is 17.9. The minimum atomic E-state index is -0.0605. The molecule has 144 valence electrons. The second kappa shape index (κ2) is 6.70. The molecule has 0 bridgehead atoms. The van der Waals surface area contributed by atoms with Crippen molar-refractivity contribution in [3.05, 3.63) is 75.8 Å². The van der Waals surface area contributed by atoms with Crippen LogP contribution in [0.4, 0.5) is 0 Å². The van der Waals surface area contributed by atoms with Crippen LogP contribution in [-0.2, 0) is 12.8 Å². The van der Waals surface area contributed by atoms with E-state index in [1.54, 1.807) is 23.4 Å². The van der Waals surface area contributed by atoms with Crippen molar-refractivity contribution < 1.29 is 0 Å². The molecular weight excluding hydrogens is 382 g/mol. The Morgan fingerprint density at radius 1 is 1.00 bits per heavy atom. The van der Waals surface area contributed by atoms with Crippen molar-refractivity contribution in [1.82, 2.24) is 24.1 Å². The molecule has 6 nitrogen and oxygen atoms in total. The first-order valence-corrected chi connectivity index (χ1v) is 10.3. The van der Waals surface area contributed by atoms with Crippen molar-refractivity contribution in [2.75, 3.05) is 0 Å². The van der Waals surface area contributed by atoms with E-state index in [0.717, 1.165) is 27.4 Å². The lowest BCUT2D eigenvalue weighted by atomic mass is 10.1. The van der Waals surface area contributed by atoms with E-state index in [4.69, 9.17) is 4.98 Å². The van der Waals surface area contributed by atoms with Crippen molar-refractivity contribution in [2.45, 2.75) is 24.6 Å². The predicted molar refractivity (Wildman–Crippen MR) is 117 cm³/mol. The molecule has 0 saturated carbocycles. The molecule has 0 radical (unpaired) electrons.